The van der Waals surface area contributed by atoms with E-state index in [1.54, 1.807) is 4.90 Å². The van der Waals surface area contributed by atoms with Gasteiger partial charge < -0.3 is 9.64 Å². The zero-order valence-corrected chi connectivity index (χ0v) is 11.2. The van der Waals surface area contributed by atoms with Gasteiger partial charge in [0.25, 0.3) is 0 Å². The van der Waals surface area contributed by atoms with Crippen LogP contribution in [0.4, 0.5) is 13.6 Å². The van der Waals surface area contributed by atoms with Crippen LogP contribution in [0.15, 0.2) is 18.2 Å². The molecule has 0 spiro atoms. The lowest BCUT2D eigenvalue weighted by Gasteiger charge is -2.34. The van der Waals surface area contributed by atoms with Crippen molar-refractivity contribution < 1.29 is 18.3 Å². The van der Waals surface area contributed by atoms with Gasteiger partial charge in [0.15, 0.2) is 11.6 Å². The summed E-state index contributed by atoms with van der Waals surface area (Å²) >= 11 is 0. The van der Waals surface area contributed by atoms with Gasteiger partial charge in [-0.25, -0.2) is 9.18 Å². The number of nitrogens with zero attached hydrogens (tertiary/aromatic N) is 1. The van der Waals surface area contributed by atoms with Gasteiger partial charge in [0.1, 0.15) is 0 Å². The molecule has 0 aromatic heterocycles. The molecule has 0 saturated heterocycles. The van der Waals surface area contributed by atoms with E-state index in [1.807, 2.05) is 20.8 Å². The van der Waals surface area contributed by atoms with Crippen LogP contribution in [0, 0.1) is 11.6 Å². The fourth-order valence-electron chi connectivity index (χ4n) is 2.01. The third-order valence-corrected chi connectivity index (χ3v) is 2.94. The molecule has 0 N–H and O–H groups in total. The second-order valence-electron chi connectivity index (χ2n) is 5.69. The third kappa shape index (κ3) is 3.03. The SMILES string of the molecule is CC(C)(C)N(C(=O)Oc1cccc(F)c1F)C1CC1. The first-order valence-electron chi connectivity index (χ1n) is 6.26. The number of rotatable bonds is 2. The van der Waals surface area contributed by atoms with Gasteiger partial charge in [-0.05, 0) is 45.7 Å². The van der Waals surface area contributed by atoms with Gasteiger partial charge in [-0.3, -0.25) is 0 Å². The molecule has 0 unspecified atom stereocenters. The van der Waals surface area contributed by atoms with Crippen LogP contribution in [0.25, 0.3) is 0 Å². The van der Waals surface area contributed by atoms with Gasteiger partial charge in [-0.15, -0.1) is 0 Å². The van der Waals surface area contributed by atoms with E-state index in [-0.39, 0.29) is 11.8 Å². The van der Waals surface area contributed by atoms with Crippen molar-refractivity contribution in [2.75, 3.05) is 0 Å². The van der Waals surface area contributed by atoms with Crippen molar-refractivity contribution in [2.24, 2.45) is 0 Å². The van der Waals surface area contributed by atoms with E-state index in [9.17, 15) is 13.6 Å². The Kier molecular flexibility index (Phi) is 3.47. The first-order valence-corrected chi connectivity index (χ1v) is 6.26. The topological polar surface area (TPSA) is 29.5 Å². The van der Waals surface area contributed by atoms with E-state index in [2.05, 4.69) is 0 Å². The van der Waals surface area contributed by atoms with Crippen LogP contribution in [0.5, 0.6) is 5.75 Å². The second-order valence-corrected chi connectivity index (χ2v) is 5.69. The summed E-state index contributed by atoms with van der Waals surface area (Å²) in [5.41, 5.74) is -0.415. The quantitative estimate of drug-likeness (QED) is 0.818. The van der Waals surface area contributed by atoms with E-state index in [4.69, 9.17) is 4.74 Å². The summed E-state index contributed by atoms with van der Waals surface area (Å²) in [6.45, 7) is 5.65. The lowest BCUT2D eigenvalue weighted by Crippen LogP contribution is -2.48. The molecular weight excluding hydrogens is 252 g/mol. The number of ether oxygens (including phenoxy) is 1. The van der Waals surface area contributed by atoms with Crippen molar-refractivity contribution >= 4 is 6.09 Å². The Balaban J connectivity index is 2.18. The monoisotopic (exact) mass is 269 g/mol. The van der Waals surface area contributed by atoms with E-state index in [0.29, 0.717) is 0 Å². The number of hydrogen-bond acceptors (Lipinski definition) is 2. The Bertz CT molecular complexity index is 493. The molecule has 0 radical (unpaired) electrons. The average Bonchev–Trinajstić information content (AvgIpc) is 3.07. The second kappa shape index (κ2) is 4.79. The van der Waals surface area contributed by atoms with Gasteiger partial charge in [-0.2, -0.15) is 4.39 Å². The molecule has 1 aromatic carbocycles. The first kappa shape index (κ1) is 13.8. The van der Waals surface area contributed by atoms with Crippen LogP contribution >= 0.6 is 0 Å². The van der Waals surface area contributed by atoms with E-state index in [1.165, 1.54) is 12.1 Å². The summed E-state index contributed by atoms with van der Waals surface area (Å²) in [6, 6.07) is 3.66. The predicted octanol–water partition coefficient (Wildman–Crippen LogP) is 3.73. The molecule has 1 aliphatic rings. The highest BCUT2D eigenvalue weighted by atomic mass is 19.2. The molecular formula is C14H17F2NO2. The van der Waals surface area contributed by atoms with Crippen molar-refractivity contribution in [1.29, 1.82) is 0 Å². The lowest BCUT2D eigenvalue weighted by atomic mass is 10.1. The van der Waals surface area contributed by atoms with Crippen LogP contribution < -0.4 is 4.74 Å². The maximum atomic E-state index is 13.5. The van der Waals surface area contributed by atoms with E-state index >= 15 is 0 Å². The van der Waals surface area contributed by atoms with Crippen molar-refractivity contribution in [1.82, 2.24) is 4.90 Å². The molecule has 1 aromatic rings. The third-order valence-electron chi connectivity index (χ3n) is 2.94. The van der Waals surface area contributed by atoms with Crippen molar-refractivity contribution in [3.8, 4) is 5.75 Å². The molecule has 19 heavy (non-hydrogen) atoms. The fraction of sp³-hybridized carbons (Fsp3) is 0.500. The summed E-state index contributed by atoms with van der Waals surface area (Å²) in [4.78, 5) is 13.7. The zero-order valence-electron chi connectivity index (χ0n) is 11.2. The molecule has 0 aliphatic heterocycles. The number of carbonyl (C=O) groups is 1. The van der Waals surface area contributed by atoms with Gasteiger partial charge in [0.05, 0.1) is 0 Å². The Hall–Kier alpha value is -1.65. The fourth-order valence-corrected chi connectivity index (χ4v) is 2.01. The number of hydrogen-bond donors (Lipinski definition) is 0. The Labute approximate surface area is 111 Å². The van der Waals surface area contributed by atoms with E-state index in [0.717, 1.165) is 18.9 Å². The summed E-state index contributed by atoms with van der Waals surface area (Å²) < 4.78 is 31.5. The van der Waals surface area contributed by atoms with Gasteiger partial charge >= 0.3 is 6.09 Å². The van der Waals surface area contributed by atoms with Crippen LogP contribution in [0.3, 0.4) is 0 Å². The first-order chi connectivity index (χ1) is 8.80. The van der Waals surface area contributed by atoms with Crippen LogP contribution in [0.2, 0.25) is 0 Å². The van der Waals surface area contributed by atoms with Gasteiger partial charge in [0, 0.05) is 11.6 Å². The smallest absolute Gasteiger partial charge is 0.407 e. The van der Waals surface area contributed by atoms with Crippen molar-refractivity contribution in [3.05, 3.63) is 29.8 Å². The van der Waals surface area contributed by atoms with Crippen LogP contribution in [-0.2, 0) is 0 Å². The number of amides is 1. The molecule has 1 saturated carbocycles. The molecule has 0 atom stereocenters. The number of carbonyl (C=O) groups excluding carboxylic acids is 1. The molecule has 1 amide bonds. The molecule has 0 heterocycles. The highest BCUT2D eigenvalue weighted by Crippen LogP contribution is 2.33. The molecule has 0 bridgehead atoms. The Morgan fingerprint density at radius 2 is 1.95 bits per heavy atom. The van der Waals surface area contributed by atoms with Crippen LogP contribution in [0.1, 0.15) is 33.6 Å². The Morgan fingerprint density at radius 1 is 1.32 bits per heavy atom. The summed E-state index contributed by atoms with van der Waals surface area (Å²) in [5, 5.41) is 0. The average molecular weight is 269 g/mol. The highest BCUT2D eigenvalue weighted by molar-refractivity contribution is 5.72. The molecule has 2 rings (SSSR count). The predicted molar refractivity (Wildman–Crippen MR) is 67.0 cm³/mol. The zero-order chi connectivity index (χ0) is 14.2. The molecule has 1 aliphatic carbocycles. The minimum Gasteiger partial charge on any atom is -0.407 e. The summed E-state index contributed by atoms with van der Waals surface area (Å²) in [6.07, 6.45) is 1.19. The molecule has 5 heteroatoms. The number of benzene rings is 1. The van der Waals surface area contributed by atoms with Crippen molar-refractivity contribution in [2.45, 2.75) is 45.2 Å². The van der Waals surface area contributed by atoms with Gasteiger partial charge in [-0.1, -0.05) is 6.07 Å². The summed E-state index contributed by atoms with van der Waals surface area (Å²) in [5.74, 6) is -2.54. The lowest BCUT2D eigenvalue weighted by molar-refractivity contribution is 0.1000. The Morgan fingerprint density at radius 3 is 2.47 bits per heavy atom. The van der Waals surface area contributed by atoms with E-state index < -0.39 is 23.3 Å². The standard InChI is InChI=1S/C14H17F2NO2/c1-14(2,3)17(9-7-8-9)13(18)19-11-6-4-5-10(15)12(11)16/h4-6,9H,7-8H2,1-3H3. The normalized spacial score (nSPS) is 15.2. The van der Waals surface area contributed by atoms with Crippen LogP contribution in [-0.4, -0.2) is 22.6 Å². The maximum Gasteiger partial charge on any atom is 0.416 e. The maximum absolute atomic E-state index is 13.5. The molecule has 3 nitrogen and oxygen atoms in total. The number of halogens is 2. The van der Waals surface area contributed by atoms with Gasteiger partial charge in [0.2, 0.25) is 5.82 Å². The highest BCUT2D eigenvalue weighted by Gasteiger charge is 2.40. The van der Waals surface area contributed by atoms with Crippen molar-refractivity contribution in [3.63, 3.8) is 0 Å². The molecule has 1 fully saturated rings. The molecule has 104 valence electrons. The largest absolute Gasteiger partial charge is 0.416 e. The minimum absolute atomic E-state index is 0.129. The minimum atomic E-state index is -1.14. The summed E-state index contributed by atoms with van der Waals surface area (Å²) in [7, 11) is 0.